The third-order valence-electron chi connectivity index (χ3n) is 3.60. The van der Waals surface area contributed by atoms with Crippen LogP contribution in [0.1, 0.15) is 14.6 Å². The summed E-state index contributed by atoms with van der Waals surface area (Å²) in [6.45, 7) is -2.74. The van der Waals surface area contributed by atoms with Crippen LogP contribution >= 0.6 is 0 Å². The smallest absolute Gasteiger partial charge is 0.273 e. The van der Waals surface area contributed by atoms with Crippen molar-refractivity contribution in [2.45, 2.75) is 4.90 Å². The molecule has 1 aromatic carbocycles. The molecule has 0 aliphatic rings. The number of amides is 1. The van der Waals surface area contributed by atoms with E-state index in [0.29, 0.717) is 5.82 Å². The maximum atomic E-state index is 12.5. The first-order valence-corrected chi connectivity index (χ1v) is 9.86. The lowest BCUT2D eigenvalue weighted by molar-refractivity contribution is 0.0958. The molecule has 3 rings (SSSR count). The number of pyridine rings is 1. The second kappa shape index (κ2) is 8.01. The van der Waals surface area contributed by atoms with Crippen LogP contribution in [0.25, 0.3) is 0 Å². The molecule has 0 radical (unpaired) electrons. The standard InChI is InChI=1S/C18H18N6O3S/c1-19-18(25)17-13(21-12-7-3-4-8-14(12)28(2,26)27)11-16(23-24-17)22-15-9-5-6-10-20-15/h3-11H,1-2H3,(H,19,25)(H2,20,21,22,23)/i1D3. The highest BCUT2D eigenvalue weighted by molar-refractivity contribution is 7.90. The monoisotopic (exact) mass is 401 g/mol. The Bertz CT molecular complexity index is 1200. The zero-order valence-corrected chi connectivity index (χ0v) is 15.5. The van der Waals surface area contributed by atoms with Gasteiger partial charge in [0.15, 0.2) is 21.3 Å². The molecule has 0 saturated heterocycles. The number of rotatable bonds is 6. The second-order valence-corrected chi connectivity index (χ2v) is 7.66. The third kappa shape index (κ3) is 4.41. The molecule has 10 heteroatoms. The molecule has 0 aliphatic carbocycles. The summed E-state index contributed by atoms with van der Waals surface area (Å²) in [5, 5.41) is 15.3. The highest BCUT2D eigenvalue weighted by Gasteiger charge is 2.18. The van der Waals surface area contributed by atoms with E-state index in [-0.39, 0.29) is 27.8 Å². The number of aromatic nitrogens is 3. The van der Waals surface area contributed by atoms with Gasteiger partial charge in [0.2, 0.25) is 0 Å². The summed E-state index contributed by atoms with van der Waals surface area (Å²) in [5.74, 6) is -0.348. The van der Waals surface area contributed by atoms with Gasteiger partial charge in [0.05, 0.1) is 16.3 Å². The summed E-state index contributed by atoms with van der Waals surface area (Å²) in [6, 6.07) is 12.6. The van der Waals surface area contributed by atoms with Crippen molar-refractivity contribution in [2.24, 2.45) is 0 Å². The Morgan fingerprint density at radius 1 is 1.00 bits per heavy atom. The molecule has 0 atom stereocenters. The number of hydrogen-bond acceptors (Lipinski definition) is 8. The summed E-state index contributed by atoms with van der Waals surface area (Å²) >= 11 is 0. The van der Waals surface area contributed by atoms with Crippen LogP contribution in [0, 0.1) is 0 Å². The van der Waals surface area contributed by atoms with E-state index in [4.69, 9.17) is 4.11 Å². The van der Waals surface area contributed by atoms with Crippen molar-refractivity contribution in [3.63, 3.8) is 0 Å². The first-order valence-electron chi connectivity index (χ1n) is 9.47. The molecule has 0 aliphatic heterocycles. The number of nitrogens with zero attached hydrogens (tertiary/aromatic N) is 3. The minimum absolute atomic E-state index is 0.00627. The van der Waals surface area contributed by atoms with Gasteiger partial charge in [-0.2, -0.15) is 0 Å². The van der Waals surface area contributed by atoms with Gasteiger partial charge in [-0.25, -0.2) is 13.4 Å². The number of carbonyl (C=O) groups excluding carboxylic acids is 1. The molecule has 2 aromatic heterocycles. The van der Waals surface area contributed by atoms with Crippen molar-refractivity contribution in [3.8, 4) is 0 Å². The normalized spacial score (nSPS) is 13.0. The van der Waals surface area contributed by atoms with E-state index in [2.05, 4.69) is 25.8 Å². The van der Waals surface area contributed by atoms with Crippen LogP contribution < -0.4 is 16.0 Å². The Balaban J connectivity index is 2.04. The number of sulfone groups is 1. The number of carbonyl (C=O) groups is 1. The topological polar surface area (TPSA) is 126 Å². The molecule has 0 saturated carbocycles. The Labute approximate surface area is 166 Å². The lowest BCUT2D eigenvalue weighted by atomic mass is 10.2. The highest BCUT2D eigenvalue weighted by atomic mass is 32.2. The van der Waals surface area contributed by atoms with Gasteiger partial charge in [-0.3, -0.25) is 4.79 Å². The molecule has 0 fully saturated rings. The fourth-order valence-electron chi connectivity index (χ4n) is 2.38. The van der Waals surface area contributed by atoms with Crippen molar-refractivity contribution in [1.82, 2.24) is 20.5 Å². The summed E-state index contributed by atoms with van der Waals surface area (Å²) in [4.78, 5) is 16.6. The fourth-order valence-corrected chi connectivity index (χ4v) is 3.23. The largest absolute Gasteiger partial charge is 0.354 e. The molecule has 3 aromatic rings. The predicted molar refractivity (Wildman–Crippen MR) is 106 cm³/mol. The van der Waals surface area contributed by atoms with Gasteiger partial charge in [-0.1, -0.05) is 18.2 Å². The molecule has 0 spiro atoms. The lowest BCUT2D eigenvalue weighted by Crippen LogP contribution is -2.21. The average Bonchev–Trinajstić information content (AvgIpc) is 2.67. The minimum Gasteiger partial charge on any atom is -0.354 e. The van der Waals surface area contributed by atoms with Crippen molar-refractivity contribution in [3.05, 3.63) is 60.4 Å². The SMILES string of the molecule is [2H]C([2H])([2H])NC(=O)c1nnc(Nc2ccccn2)cc1Nc1ccccc1S(C)(=O)=O. The number of nitrogens with one attached hydrogen (secondary N) is 3. The van der Waals surface area contributed by atoms with Gasteiger partial charge in [0, 0.05) is 29.6 Å². The highest BCUT2D eigenvalue weighted by Crippen LogP contribution is 2.27. The Kier molecular flexibility index (Phi) is 4.44. The summed E-state index contributed by atoms with van der Waals surface area (Å²) < 4.78 is 46.0. The van der Waals surface area contributed by atoms with Crippen molar-refractivity contribution in [2.75, 3.05) is 23.9 Å². The van der Waals surface area contributed by atoms with E-state index < -0.39 is 22.7 Å². The zero-order valence-electron chi connectivity index (χ0n) is 17.7. The van der Waals surface area contributed by atoms with Gasteiger partial charge in [-0.05, 0) is 24.3 Å². The Hall–Kier alpha value is -3.53. The number of para-hydroxylation sites is 1. The van der Waals surface area contributed by atoms with Crippen LogP contribution in [0.5, 0.6) is 0 Å². The summed E-state index contributed by atoms with van der Waals surface area (Å²) in [5.41, 5.74) is -0.0954. The molecule has 144 valence electrons. The minimum atomic E-state index is -3.59. The van der Waals surface area contributed by atoms with Crippen LogP contribution in [0.2, 0.25) is 0 Å². The lowest BCUT2D eigenvalue weighted by Gasteiger charge is -2.14. The quantitative estimate of drug-likeness (QED) is 0.573. The molecule has 0 unspecified atom stereocenters. The molecule has 2 heterocycles. The number of hydrogen-bond donors (Lipinski definition) is 3. The van der Waals surface area contributed by atoms with E-state index in [9.17, 15) is 13.2 Å². The van der Waals surface area contributed by atoms with Crippen LogP contribution in [0.4, 0.5) is 23.0 Å². The van der Waals surface area contributed by atoms with E-state index in [1.54, 1.807) is 36.5 Å². The molecular formula is C18H18N6O3S. The van der Waals surface area contributed by atoms with Gasteiger partial charge >= 0.3 is 0 Å². The van der Waals surface area contributed by atoms with E-state index in [0.717, 1.165) is 6.26 Å². The maximum absolute atomic E-state index is 12.5. The molecular weight excluding hydrogens is 380 g/mol. The predicted octanol–water partition coefficient (Wildman–Crippen LogP) is 2.12. The Morgan fingerprint density at radius 3 is 2.50 bits per heavy atom. The molecule has 9 nitrogen and oxygen atoms in total. The van der Waals surface area contributed by atoms with Gasteiger partial charge in [-0.15, -0.1) is 10.2 Å². The molecule has 28 heavy (non-hydrogen) atoms. The van der Waals surface area contributed by atoms with Gasteiger partial charge in [0.25, 0.3) is 5.91 Å². The first-order chi connectivity index (χ1) is 14.5. The Morgan fingerprint density at radius 2 is 1.79 bits per heavy atom. The van der Waals surface area contributed by atoms with Crippen LogP contribution in [-0.4, -0.2) is 42.7 Å². The third-order valence-corrected chi connectivity index (χ3v) is 4.75. The van der Waals surface area contributed by atoms with Crippen LogP contribution in [-0.2, 0) is 9.84 Å². The van der Waals surface area contributed by atoms with Gasteiger partial charge < -0.3 is 16.0 Å². The van der Waals surface area contributed by atoms with Crippen LogP contribution in [0.15, 0.2) is 59.6 Å². The van der Waals surface area contributed by atoms with Crippen molar-refractivity contribution >= 4 is 38.8 Å². The average molecular weight is 401 g/mol. The number of anilines is 4. The van der Waals surface area contributed by atoms with Gasteiger partial charge in [0.1, 0.15) is 5.82 Å². The van der Waals surface area contributed by atoms with E-state index in [1.165, 1.54) is 18.2 Å². The van der Waals surface area contributed by atoms with E-state index in [1.807, 2.05) is 5.32 Å². The first kappa shape index (κ1) is 15.5. The van der Waals surface area contributed by atoms with Crippen LogP contribution in [0.3, 0.4) is 0 Å². The van der Waals surface area contributed by atoms with E-state index >= 15 is 0 Å². The zero-order chi connectivity index (χ0) is 22.6. The number of benzene rings is 1. The fraction of sp³-hybridized carbons (Fsp3) is 0.111. The molecule has 0 bridgehead atoms. The second-order valence-electron chi connectivity index (χ2n) is 5.68. The molecule has 1 amide bonds. The summed E-state index contributed by atoms with van der Waals surface area (Å²) in [7, 11) is -3.59. The van der Waals surface area contributed by atoms with Crippen molar-refractivity contribution in [1.29, 1.82) is 0 Å². The molecule has 3 N–H and O–H groups in total. The summed E-state index contributed by atoms with van der Waals surface area (Å²) in [6.07, 6.45) is 2.62. The maximum Gasteiger partial charge on any atom is 0.273 e. The van der Waals surface area contributed by atoms with Crippen molar-refractivity contribution < 1.29 is 17.3 Å².